The number of methoxy groups -OCH3 is 1. The zero-order valence-electron chi connectivity index (χ0n) is 18.6. The van der Waals surface area contributed by atoms with Crippen LogP contribution in [0.2, 0.25) is 0 Å². The van der Waals surface area contributed by atoms with Gasteiger partial charge in [-0.1, -0.05) is 0 Å². The number of hydrazone groups is 1. The molecule has 3 aromatic heterocycles. The second-order valence-corrected chi connectivity index (χ2v) is 9.34. The van der Waals surface area contributed by atoms with Crippen LogP contribution in [0.4, 0.5) is 0 Å². The van der Waals surface area contributed by atoms with Gasteiger partial charge in [-0.15, -0.1) is 11.3 Å². The van der Waals surface area contributed by atoms with Gasteiger partial charge in [0.05, 0.1) is 24.5 Å². The van der Waals surface area contributed by atoms with Crippen molar-refractivity contribution in [2.75, 3.05) is 13.7 Å². The number of benzene rings is 1. The first kappa shape index (κ1) is 20.9. The SMILES string of the molecule is COc1ccc(C2=NN(C(=O)COc3ncnc4sc5c(c34)CCC5)[C@H](c3ccco3)C2)cc1. The van der Waals surface area contributed by atoms with E-state index >= 15 is 0 Å². The van der Waals surface area contributed by atoms with Crippen LogP contribution in [0.3, 0.4) is 0 Å². The first-order valence-corrected chi connectivity index (χ1v) is 12.0. The van der Waals surface area contributed by atoms with E-state index in [1.54, 1.807) is 24.7 Å². The van der Waals surface area contributed by atoms with E-state index in [1.165, 1.54) is 21.8 Å². The maximum absolute atomic E-state index is 13.3. The van der Waals surface area contributed by atoms with E-state index in [0.29, 0.717) is 18.1 Å². The van der Waals surface area contributed by atoms with Gasteiger partial charge < -0.3 is 13.9 Å². The molecule has 0 spiro atoms. The van der Waals surface area contributed by atoms with Crippen LogP contribution >= 0.6 is 11.3 Å². The predicted molar refractivity (Wildman–Crippen MR) is 127 cm³/mol. The molecule has 4 aromatic rings. The second-order valence-electron chi connectivity index (χ2n) is 8.25. The lowest BCUT2D eigenvalue weighted by Gasteiger charge is -2.20. The number of rotatable bonds is 6. The highest BCUT2D eigenvalue weighted by molar-refractivity contribution is 7.18. The number of carbonyl (C=O) groups excluding carboxylic acids is 1. The number of thiophene rings is 1. The molecule has 9 heteroatoms. The summed E-state index contributed by atoms with van der Waals surface area (Å²) < 4.78 is 16.8. The molecule has 1 amide bonds. The van der Waals surface area contributed by atoms with Crippen LogP contribution in [0.5, 0.6) is 11.6 Å². The topological polar surface area (TPSA) is 90.0 Å². The zero-order valence-corrected chi connectivity index (χ0v) is 19.4. The molecule has 0 saturated carbocycles. The van der Waals surface area contributed by atoms with Crippen molar-refractivity contribution >= 4 is 33.2 Å². The van der Waals surface area contributed by atoms with Gasteiger partial charge in [0, 0.05) is 11.3 Å². The molecule has 6 rings (SSSR count). The fourth-order valence-corrected chi connectivity index (χ4v) is 5.83. The molecular weight excluding hydrogens is 452 g/mol. The zero-order chi connectivity index (χ0) is 23.1. The van der Waals surface area contributed by atoms with Gasteiger partial charge in [0.1, 0.15) is 28.7 Å². The molecule has 2 aliphatic rings. The first-order chi connectivity index (χ1) is 16.7. The van der Waals surface area contributed by atoms with E-state index in [2.05, 4.69) is 15.1 Å². The normalized spacial score (nSPS) is 17.1. The maximum Gasteiger partial charge on any atom is 0.281 e. The average Bonchev–Trinajstić information content (AvgIpc) is 3.65. The van der Waals surface area contributed by atoms with E-state index < -0.39 is 0 Å². The van der Waals surface area contributed by atoms with Crippen molar-refractivity contribution in [1.29, 1.82) is 0 Å². The first-order valence-electron chi connectivity index (χ1n) is 11.2. The molecule has 0 saturated heterocycles. The Kier molecular flexibility index (Phi) is 5.26. The Morgan fingerprint density at radius 2 is 2.09 bits per heavy atom. The smallest absolute Gasteiger partial charge is 0.281 e. The number of nitrogens with zero attached hydrogens (tertiary/aromatic N) is 4. The number of hydrogen-bond donors (Lipinski definition) is 0. The van der Waals surface area contributed by atoms with Crippen LogP contribution in [0, 0.1) is 0 Å². The van der Waals surface area contributed by atoms with Gasteiger partial charge in [0.2, 0.25) is 5.88 Å². The Labute approximate surface area is 199 Å². The number of aromatic nitrogens is 2. The number of ether oxygens (including phenoxy) is 2. The summed E-state index contributed by atoms with van der Waals surface area (Å²) in [5.41, 5.74) is 3.00. The monoisotopic (exact) mass is 474 g/mol. The molecule has 0 unspecified atom stereocenters. The van der Waals surface area contributed by atoms with Gasteiger partial charge in [-0.2, -0.15) is 5.10 Å². The molecule has 1 aliphatic heterocycles. The summed E-state index contributed by atoms with van der Waals surface area (Å²) in [6, 6.07) is 11.0. The summed E-state index contributed by atoms with van der Waals surface area (Å²) in [6.45, 7) is -0.173. The Balaban J connectivity index is 1.26. The van der Waals surface area contributed by atoms with Crippen molar-refractivity contribution < 1.29 is 18.7 Å². The molecule has 0 bridgehead atoms. The molecular formula is C25H22N4O4S. The lowest BCUT2D eigenvalue weighted by molar-refractivity contribution is -0.135. The molecule has 34 heavy (non-hydrogen) atoms. The molecule has 1 atom stereocenters. The minimum atomic E-state index is -0.334. The van der Waals surface area contributed by atoms with E-state index in [9.17, 15) is 4.79 Å². The van der Waals surface area contributed by atoms with Crippen LogP contribution < -0.4 is 9.47 Å². The quantitative estimate of drug-likeness (QED) is 0.408. The molecule has 0 fully saturated rings. The molecule has 8 nitrogen and oxygen atoms in total. The van der Waals surface area contributed by atoms with Crippen LogP contribution in [-0.2, 0) is 17.6 Å². The Hall–Kier alpha value is -3.72. The highest BCUT2D eigenvalue weighted by Gasteiger charge is 2.35. The van der Waals surface area contributed by atoms with Gasteiger partial charge in [0.15, 0.2) is 6.61 Å². The minimum Gasteiger partial charge on any atom is -0.497 e. The van der Waals surface area contributed by atoms with Crippen molar-refractivity contribution in [2.24, 2.45) is 5.10 Å². The fourth-order valence-electron chi connectivity index (χ4n) is 4.61. The third kappa shape index (κ3) is 3.62. The lowest BCUT2D eigenvalue weighted by Crippen LogP contribution is -2.31. The summed E-state index contributed by atoms with van der Waals surface area (Å²) in [7, 11) is 1.63. The molecule has 1 aliphatic carbocycles. The summed E-state index contributed by atoms with van der Waals surface area (Å²) in [5, 5.41) is 7.07. The number of fused-ring (bicyclic) bond motifs is 3. The van der Waals surface area contributed by atoms with Crippen LogP contribution in [-0.4, -0.2) is 40.3 Å². The number of furan rings is 1. The number of amides is 1. The summed E-state index contributed by atoms with van der Waals surface area (Å²) in [4.78, 5) is 24.3. The molecule has 0 radical (unpaired) electrons. The maximum atomic E-state index is 13.3. The van der Waals surface area contributed by atoms with Gasteiger partial charge in [-0.05, 0) is 66.8 Å². The average molecular weight is 475 g/mol. The fraction of sp³-hybridized carbons (Fsp3) is 0.280. The van der Waals surface area contributed by atoms with E-state index in [-0.39, 0.29) is 18.6 Å². The number of aryl methyl sites for hydroxylation is 2. The van der Waals surface area contributed by atoms with Crippen molar-refractivity contribution in [1.82, 2.24) is 15.0 Å². The van der Waals surface area contributed by atoms with Crippen molar-refractivity contribution in [3.8, 4) is 11.6 Å². The third-order valence-electron chi connectivity index (χ3n) is 6.26. The molecule has 172 valence electrons. The summed E-state index contributed by atoms with van der Waals surface area (Å²) in [6.07, 6.45) is 6.84. The van der Waals surface area contributed by atoms with Crippen LogP contribution in [0.25, 0.3) is 10.2 Å². The van der Waals surface area contributed by atoms with Gasteiger partial charge in [-0.25, -0.2) is 15.0 Å². The molecule has 4 heterocycles. The Morgan fingerprint density at radius 3 is 2.88 bits per heavy atom. The molecule has 0 N–H and O–H groups in total. The third-order valence-corrected chi connectivity index (χ3v) is 7.46. The summed E-state index contributed by atoms with van der Waals surface area (Å²) >= 11 is 1.69. The Morgan fingerprint density at radius 1 is 1.21 bits per heavy atom. The predicted octanol–water partition coefficient (Wildman–Crippen LogP) is 4.54. The number of carbonyl (C=O) groups is 1. The van der Waals surface area contributed by atoms with E-state index in [4.69, 9.17) is 13.9 Å². The van der Waals surface area contributed by atoms with Crippen molar-refractivity contribution in [2.45, 2.75) is 31.7 Å². The van der Waals surface area contributed by atoms with Gasteiger partial charge in [0.25, 0.3) is 5.91 Å². The van der Waals surface area contributed by atoms with Gasteiger partial charge in [-0.3, -0.25) is 4.79 Å². The second kappa shape index (κ2) is 8.57. The van der Waals surface area contributed by atoms with E-state index in [1.807, 2.05) is 36.4 Å². The van der Waals surface area contributed by atoms with Crippen LogP contribution in [0.15, 0.2) is 58.5 Å². The Bertz CT molecular complexity index is 1380. The standard InChI is InChI=1S/C25H22N4O4S/c1-31-16-9-7-15(8-10-16)18-12-19(20-5-3-11-32-20)29(28-18)22(30)13-33-24-23-17-4-2-6-21(17)34-25(23)27-14-26-24/h3,5,7-11,14,19H,2,4,6,12-13H2,1H3/t19-/m0/s1. The van der Waals surface area contributed by atoms with Crippen LogP contribution in [0.1, 0.15) is 40.6 Å². The largest absolute Gasteiger partial charge is 0.497 e. The number of hydrogen-bond acceptors (Lipinski definition) is 8. The van der Waals surface area contributed by atoms with Crippen molar-refractivity contribution in [3.05, 3.63) is 70.8 Å². The highest BCUT2D eigenvalue weighted by Crippen LogP contribution is 2.40. The van der Waals surface area contributed by atoms with Crippen molar-refractivity contribution in [3.63, 3.8) is 0 Å². The highest BCUT2D eigenvalue weighted by atomic mass is 32.1. The van der Waals surface area contributed by atoms with Gasteiger partial charge >= 0.3 is 0 Å². The molecule has 1 aromatic carbocycles. The van der Waals surface area contributed by atoms with E-state index in [0.717, 1.165) is 46.5 Å². The lowest BCUT2D eigenvalue weighted by atomic mass is 10.0. The summed E-state index contributed by atoms with van der Waals surface area (Å²) in [5.74, 6) is 1.65. The minimum absolute atomic E-state index is 0.173.